The first-order valence-corrected chi connectivity index (χ1v) is 7.39. The molecule has 0 spiro atoms. The number of rotatable bonds is 2. The molecule has 1 aromatic rings. The predicted molar refractivity (Wildman–Crippen MR) is 77.7 cm³/mol. The van der Waals surface area contributed by atoms with Gasteiger partial charge in [0.1, 0.15) is 11.9 Å². The lowest BCUT2D eigenvalue weighted by Gasteiger charge is -2.47. The van der Waals surface area contributed by atoms with Gasteiger partial charge >= 0.3 is 11.9 Å². The van der Waals surface area contributed by atoms with Gasteiger partial charge in [0.2, 0.25) is 0 Å². The van der Waals surface area contributed by atoms with E-state index < -0.39 is 41.4 Å². The second-order valence-electron chi connectivity index (χ2n) is 6.08. The summed E-state index contributed by atoms with van der Waals surface area (Å²) in [5.41, 5.74) is -0.119. The largest absolute Gasteiger partial charge is 0.497 e. The third-order valence-corrected chi connectivity index (χ3v) is 5.22. The van der Waals surface area contributed by atoms with Crippen LogP contribution in [0.5, 0.6) is 5.75 Å². The maximum Gasteiger partial charge on any atom is 0.328 e. The summed E-state index contributed by atoms with van der Waals surface area (Å²) in [7, 11) is 2.79. The average Bonchev–Trinajstić information content (AvgIpc) is 2.89. The number of carbonyl (C=O) groups is 2. The van der Waals surface area contributed by atoms with Gasteiger partial charge in [-0.1, -0.05) is 12.1 Å². The molecule has 6 heteroatoms. The monoisotopic (exact) mass is 316 g/mol. The Morgan fingerprint density at radius 3 is 2.74 bits per heavy atom. The lowest BCUT2D eigenvalue weighted by Crippen LogP contribution is -2.57. The van der Waals surface area contributed by atoms with Crippen LogP contribution in [0.3, 0.4) is 0 Å². The van der Waals surface area contributed by atoms with Gasteiger partial charge in [0.15, 0.2) is 5.41 Å². The van der Waals surface area contributed by atoms with Gasteiger partial charge in [-0.15, -0.1) is 0 Å². The van der Waals surface area contributed by atoms with Crippen molar-refractivity contribution in [2.75, 3.05) is 14.2 Å². The molecule has 0 amide bonds. The Bertz CT molecular complexity index is 739. The number of carbonyl (C=O) groups excluding carboxylic acids is 2. The van der Waals surface area contributed by atoms with Crippen LogP contribution >= 0.6 is 0 Å². The highest BCUT2D eigenvalue weighted by Crippen LogP contribution is 2.62. The minimum absolute atomic E-state index is 0.404. The molecule has 2 aliphatic carbocycles. The molecule has 4 aliphatic rings. The number of benzene rings is 1. The predicted octanol–water partition coefficient (Wildman–Crippen LogP) is 1.10. The first kappa shape index (κ1) is 14.3. The summed E-state index contributed by atoms with van der Waals surface area (Å²) < 4.78 is 15.5. The van der Waals surface area contributed by atoms with Gasteiger partial charge in [-0.2, -0.15) is 0 Å². The number of esters is 2. The second kappa shape index (κ2) is 4.58. The Morgan fingerprint density at radius 2 is 2.09 bits per heavy atom. The minimum Gasteiger partial charge on any atom is -0.497 e. The van der Waals surface area contributed by atoms with Gasteiger partial charge in [-0.3, -0.25) is 9.59 Å². The third-order valence-electron chi connectivity index (χ3n) is 5.22. The average molecular weight is 316 g/mol. The number of hydrogen-bond donors (Lipinski definition) is 1. The maximum absolute atomic E-state index is 12.5. The van der Waals surface area contributed by atoms with Crippen LogP contribution in [0.4, 0.5) is 0 Å². The number of aliphatic hydroxyl groups is 1. The molecule has 2 heterocycles. The first-order chi connectivity index (χ1) is 11.0. The van der Waals surface area contributed by atoms with Crippen LogP contribution < -0.4 is 4.74 Å². The smallest absolute Gasteiger partial charge is 0.328 e. The van der Waals surface area contributed by atoms with E-state index in [0.717, 1.165) is 5.56 Å². The van der Waals surface area contributed by atoms with E-state index in [2.05, 4.69) is 0 Å². The molecule has 0 saturated carbocycles. The number of ether oxygens (including phenoxy) is 3. The molecule has 2 aliphatic heterocycles. The zero-order chi connectivity index (χ0) is 16.4. The molecule has 1 aromatic carbocycles. The van der Waals surface area contributed by atoms with E-state index >= 15 is 0 Å². The zero-order valence-corrected chi connectivity index (χ0v) is 12.7. The highest BCUT2D eigenvalue weighted by atomic mass is 16.6. The summed E-state index contributed by atoms with van der Waals surface area (Å²) in [6.45, 7) is 0. The van der Waals surface area contributed by atoms with E-state index in [1.54, 1.807) is 37.5 Å². The van der Waals surface area contributed by atoms with Crippen LogP contribution in [0, 0.1) is 11.3 Å². The molecular weight excluding hydrogens is 300 g/mol. The number of aliphatic hydroxyl groups excluding tert-OH is 1. The molecule has 1 saturated heterocycles. The molecule has 0 radical (unpaired) electrons. The highest BCUT2D eigenvalue weighted by molar-refractivity contribution is 6.05. The molecule has 1 fully saturated rings. The van der Waals surface area contributed by atoms with Crippen molar-refractivity contribution in [3.63, 3.8) is 0 Å². The lowest BCUT2D eigenvalue weighted by molar-refractivity contribution is -0.189. The zero-order valence-electron chi connectivity index (χ0n) is 12.7. The molecule has 0 aromatic heterocycles. The van der Waals surface area contributed by atoms with Gasteiger partial charge < -0.3 is 19.3 Å². The molecule has 0 unspecified atom stereocenters. The fourth-order valence-electron chi connectivity index (χ4n) is 4.19. The maximum atomic E-state index is 12.5. The third kappa shape index (κ3) is 1.56. The van der Waals surface area contributed by atoms with Crippen molar-refractivity contribution in [1.82, 2.24) is 0 Å². The molecular formula is C17H16O6. The quantitative estimate of drug-likeness (QED) is 0.500. The fraction of sp³-hybridized carbons (Fsp3) is 0.412. The summed E-state index contributed by atoms with van der Waals surface area (Å²) in [5.74, 6) is -1.61. The van der Waals surface area contributed by atoms with Crippen molar-refractivity contribution in [3.8, 4) is 5.75 Å². The molecule has 1 N–H and O–H groups in total. The molecule has 6 nitrogen and oxygen atoms in total. The van der Waals surface area contributed by atoms with Gasteiger partial charge in [0.25, 0.3) is 0 Å². The van der Waals surface area contributed by atoms with Crippen LogP contribution in [0.2, 0.25) is 0 Å². The van der Waals surface area contributed by atoms with Crippen LogP contribution in [0.1, 0.15) is 23.1 Å². The van der Waals surface area contributed by atoms with Crippen molar-refractivity contribution in [2.45, 2.75) is 18.1 Å². The summed E-state index contributed by atoms with van der Waals surface area (Å²) in [6, 6.07) is 5.30. The lowest BCUT2D eigenvalue weighted by atomic mass is 9.61. The number of methoxy groups -OCH3 is 2. The Kier molecular flexibility index (Phi) is 2.84. The minimum atomic E-state index is -1.55. The van der Waals surface area contributed by atoms with Crippen molar-refractivity contribution >= 4 is 11.9 Å². The fourth-order valence-corrected chi connectivity index (χ4v) is 4.19. The van der Waals surface area contributed by atoms with E-state index in [0.29, 0.717) is 11.3 Å². The summed E-state index contributed by atoms with van der Waals surface area (Å²) >= 11 is 0. The molecule has 23 heavy (non-hydrogen) atoms. The van der Waals surface area contributed by atoms with Crippen LogP contribution in [-0.2, 0) is 19.1 Å². The van der Waals surface area contributed by atoms with E-state index in [1.165, 1.54) is 7.11 Å². The van der Waals surface area contributed by atoms with Crippen molar-refractivity contribution in [2.24, 2.45) is 11.3 Å². The SMILES string of the molecule is COC(=O)[C@]12C=C[C@H](OC1=O)[C@@H]1[C@H]2c2cc(OC)ccc2[C@@H]1O. The molecule has 5 atom stereocenters. The van der Waals surface area contributed by atoms with Gasteiger partial charge in [0, 0.05) is 11.8 Å². The topological polar surface area (TPSA) is 82.1 Å². The van der Waals surface area contributed by atoms with E-state index in [9.17, 15) is 14.7 Å². The van der Waals surface area contributed by atoms with Gasteiger partial charge in [0.05, 0.1) is 20.3 Å². The van der Waals surface area contributed by atoms with Crippen molar-refractivity contribution < 1.29 is 28.9 Å². The van der Waals surface area contributed by atoms with Crippen LogP contribution in [0.25, 0.3) is 0 Å². The Balaban J connectivity index is 1.96. The number of fused-ring (bicyclic) bond motifs is 2. The first-order valence-electron chi connectivity index (χ1n) is 7.39. The normalized spacial score (nSPS) is 36.2. The van der Waals surface area contributed by atoms with E-state index in [4.69, 9.17) is 14.2 Å². The van der Waals surface area contributed by atoms with E-state index in [1.807, 2.05) is 0 Å². The molecule has 120 valence electrons. The van der Waals surface area contributed by atoms with Crippen LogP contribution in [-0.4, -0.2) is 37.4 Å². The Morgan fingerprint density at radius 1 is 1.30 bits per heavy atom. The summed E-state index contributed by atoms with van der Waals surface area (Å²) in [5, 5.41) is 10.7. The Labute approximate surface area is 132 Å². The molecule has 2 bridgehead atoms. The standard InChI is InChI=1S/C17H16O6/c1-21-8-3-4-9-10(7-8)13-12(14(9)18)11-5-6-17(13,15(19)22-2)16(20)23-11/h3-7,11-14,18H,1-2H3/t11-,12+,13+,14-,17+/m0/s1. The van der Waals surface area contributed by atoms with Crippen molar-refractivity contribution in [1.29, 1.82) is 0 Å². The highest BCUT2D eigenvalue weighted by Gasteiger charge is 2.67. The van der Waals surface area contributed by atoms with Gasteiger partial charge in [-0.05, 0) is 29.3 Å². The van der Waals surface area contributed by atoms with Crippen molar-refractivity contribution in [3.05, 3.63) is 41.5 Å². The Hall–Kier alpha value is -2.34. The second-order valence-corrected chi connectivity index (χ2v) is 6.08. The number of hydrogen-bond acceptors (Lipinski definition) is 6. The van der Waals surface area contributed by atoms with E-state index in [-0.39, 0.29) is 0 Å². The summed E-state index contributed by atoms with van der Waals surface area (Å²) in [4.78, 5) is 25.0. The molecule has 5 rings (SSSR count). The summed E-state index contributed by atoms with van der Waals surface area (Å²) in [6.07, 6.45) is 1.88. The van der Waals surface area contributed by atoms with Gasteiger partial charge in [-0.25, -0.2) is 0 Å². The van der Waals surface area contributed by atoms with Crippen LogP contribution in [0.15, 0.2) is 30.4 Å².